The van der Waals surface area contributed by atoms with Gasteiger partial charge in [-0.3, -0.25) is 0 Å². The van der Waals surface area contributed by atoms with Gasteiger partial charge in [0.15, 0.2) is 12.1 Å². The van der Waals surface area contributed by atoms with Crippen LogP contribution in [-0.4, -0.2) is 39.0 Å². The zero-order valence-corrected chi connectivity index (χ0v) is 17.5. The minimum Gasteiger partial charge on any atom is -0.491 e. The Morgan fingerprint density at radius 3 is 2.93 bits per heavy atom. The van der Waals surface area contributed by atoms with Crippen LogP contribution in [0.4, 0.5) is 0 Å². The van der Waals surface area contributed by atoms with Crippen LogP contribution >= 0.6 is 0 Å². The molecule has 0 bridgehead atoms. The van der Waals surface area contributed by atoms with Crippen molar-refractivity contribution in [3.05, 3.63) is 42.4 Å². The second kappa shape index (κ2) is 8.07. The van der Waals surface area contributed by atoms with E-state index >= 15 is 0 Å². The second-order valence-electron chi connectivity index (χ2n) is 8.10. The Labute approximate surface area is 176 Å². The fraction of sp³-hybridized carbons (Fsp3) is 0.435. The van der Waals surface area contributed by atoms with Gasteiger partial charge >= 0.3 is 0 Å². The van der Waals surface area contributed by atoms with E-state index in [0.717, 1.165) is 66.9 Å². The van der Waals surface area contributed by atoms with E-state index in [9.17, 15) is 0 Å². The molecule has 1 unspecified atom stereocenters. The summed E-state index contributed by atoms with van der Waals surface area (Å²) >= 11 is 0. The van der Waals surface area contributed by atoms with E-state index in [1.165, 1.54) is 5.57 Å². The molecule has 1 aromatic carbocycles. The van der Waals surface area contributed by atoms with E-state index in [1.807, 2.05) is 49.1 Å². The number of hydrogen-bond acceptors (Lipinski definition) is 6. The quantitative estimate of drug-likeness (QED) is 0.682. The Bertz CT molecular complexity index is 1080. The fourth-order valence-corrected chi connectivity index (χ4v) is 4.09. The van der Waals surface area contributed by atoms with E-state index < -0.39 is 0 Å². The molecule has 4 heterocycles. The van der Waals surface area contributed by atoms with Crippen LogP contribution in [0.5, 0.6) is 5.75 Å². The number of aromatic nitrogens is 4. The van der Waals surface area contributed by atoms with Gasteiger partial charge in [0.25, 0.3) is 0 Å². The first-order valence-corrected chi connectivity index (χ1v) is 10.8. The van der Waals surface area contributed by atoms with Gasteiger partial charge in [-0.1, -0.05) is 0 Å². The lowest BCUT2D eigenvalue weighted by Crippen LogP contribution is -2.19. The Hall–Kier alpha value is -2.93. The third kappa shape index (κ3) is 3.65. The number of fused-ring (bicyclic) bond motifs is 1. The largest absolute Gasteiger partial charge is 0.491 e. The molecule has 5 rings (SSSR count). The number of rotatable bonds is 5. The maximum atomic E-state index is 6.03. The van der Waals surface area contributed by atoms with Crippen LogP contribution in [0.25, 0.3) is 28.0 Å². The third-order valence-corrected chi connectivity index (χ3v) is 5.49. The van der Waals surface area contributed by atoms with Crippen LogP contribution in [0.2, 0.25) is 0 Å². The molecule has 3 aromatic rings. The number of ether oxygens (including phenoxy) is 2. The van der Waals surface area contributed by atoms with Crippen LogP contribution in [0.3, 0.4) is 0 Å². The lowest BCUT2D eigenvalue weighted by molar-refractivity contribution is -0.0365. The lowest BCUT2D eigenvalue weighted by Gasteiger charge is -2.23. The van der Waals surface area contributed by atoms with Crippen molar-refractivity contribution >= 4 is 16.5 Å². The molecule has 0 amide bonds. The Morgan fingerprint density at radius 2 is 2.17 bits per heavy atom. The molecule has 2 aliphatic heterocycles. The summed E-state index contributed by atoms with van der Waals surface area (Å²) in [5.74, 6) is 1.45. The van der Waals surface area contributed by atoms with Gasteiger partial charge in [-0.15, -0.1) is 0 Å². The standard InChI is InChI=1S/C23H27N5O2/c1-15(2)30-17-6-7-20-18(13-17)22(27-28(20)21-5-3-4-12-29-21)23-25-11-9-19(26-23)16-8-10-24-14-16/h6-7,9,11,13-15,21,24H,3-5,8,10,12H2,1-2H3. The van der Waals surface area contributed by atoms with Crippen molar-refractivity contribution in [3.8, 4) is 17.3 Å². The van der Waals surface area contributed by atoms with Gasteiger partial charge in [-0.05, 0) is 69.4 Å². The van der Waals surface area contributed by atoms with Gasteiger partial charge in [0.1, 0.15) is 11.4 Å². The van der Waals surface area contributed by atoms with Gasteiger partial charge in [-0.2, -0.15) is 5.10 Å². The molecule has 156 valence electrons. The van der Waals surface area contributed by atoms with Crippen LogP contribution in [0.1, 0.15) is 51.5 Å². The van der Waals surface area contributed by atoms with Gasteiger partial charge < -0.3 is 14.8 Å². The van der Waals surface area contributed by atoms with Gasteiger partial charge in [0.05, 0.1) is 17.3 Å². The van der Waals surface area contributed by atoms with E-state index in [-0.39, 0.29) is 12.3 Å². The molecule has 2 aliphatic rings. The molecule has 1 N–H and O–H groups in total. The predicted octanol–water partition coefficient (Wildman–Crippen LogP) is 4.31. The summed E-state index contributed by atoms with van der Waals surface area (Å²) in [6, 6.07) is 8.07. The molecule has 2 aromatic heterocycles. The Kier molecular flexibility index (Phi) is 5.12. The number of nitrogens with one attached hydrogen (secondary N) is 1. The first-order valence-electron chi connectivity index (χ1n) is 10.8. The van der Waals surface area contributed by atoms with Crippen molar-refractivity contribution in [2.75, 3.05) is 13.2 Å². The molecule has 1 atom stereocenters. The second-order valence-corrected chi connectivity index (χ2v) is 8.10. The van der Waals surface area contributed by atoms with Crippen molar-refractivity contribution in [1.29, 1.82) is 0 Å². The summed E-state index contributed by atoms with van der Waals surface area (Å²) in [7, 11) is 0. The Morgan fingerprint density at radius 1 is 1.23 bits per heavy atom. The smallest absolute Gasteiger partial charge is 0.181 e. The number of benzene rings is 1. The van der Waals surface area contributed by atoms with E-state index in [2.05, 4.69) is 16.4 Å². The molecule has 0 aliphatic carbocycles. The van der Waals surface area contributed by atoms with Gasteiger partial charge in [0, 0.05) is 30.9 Å². The predicted molar refractivity (Wildman–Crippen MR) is 116 cm³/mol. The first kappa shape index (κ1) is 19.1. The molecule has 0 spiro atoms. The van der Waals surface area contributed by atoms with Crippen molar-refractivity contribution in [2.24, 2.45) is 0 Å². The average Bonchev–Trinajstić information content (AvgIpc) is 3.42. The lowest BCUT2D eigenvalue weighted by atomic mass is 10.1. The highest BCUT2D eigenvalue weighted by molar-refractivity contribution is 5.93. The summed E-state index contributed by atoms with van der Waals surface area (Å²) in [6.07, 6.45) is 8.06. The molecule has 1 fully saturated rings. The first-order chi connectivity index (χ1) is 14.7. The van der Waals surface area contributed by atoms with Crippen LogP contribution in [0.15, 0.2) is 36.7 Å². The Balaban J connectivity index is 1.63. The van der Waals surface area contributed by atoms with E-state index in [4.69, 9.17) is 19.6 Å². The SMILES string of the molecule is CC(C)Oc1ccc2c(c1)c(-c1nccc(C3=CNCC3)n1)nn2C1CCCCO1. The monoisotopic (exact) mass is 405 g/mol. The zero-order valence-electron chi connectivity index (χ0n) is 17.5. The summed E-state index contributed by atoms with van der Waals surface area (Å²) in [5.41, 5.74) is 3.92. The van der Waals surface area contributed by atoms with Gasteiger partial charge in [-0.25, -0.2) is 14.6 Å². The fourth-order valence-electron chi connectivity index (χ4n) is 4.09. The van der Waals surface area contributed by atoms with Crippen molar-refractivity contribution in [1.82, 2.24) is 25.1 Å². The molecule has 7 heteroatoms. The molecule has 0 radical (unpaired) electrons. The topological polar surface area (TPSA) is 74.1 Å². The summed E-state index contributed by atoms with van der Waals surface area (Å²) in [5, 5.41) is 9.19. The van der Waals surface area contributed by atoms with E-state index in [0.29, 0.717) is 5.82 Å². The highest BCUT2D eigenvalue weighted by Gasteiger charge is 2.23. The van der Waals surface area contributed by atoms with Crippen LogP contribution < -0.4 is 10.1 Å². The molecule has 30 heavy (non-hydrogen) atoms. The molecular formula is C23H27N5O2. The van der Waals surface area contributed by atoms with Crippen LogP contribution in [0, 0.1) is 0 Å². The zero-order chi connectivity index (χ0) is 20.5. The van der Waals surface area contributed by atoms with Crippen LogP contribution in [-0.2, 0) is 4.74 Å². The summed E-state index contributed by atoms with van der Waals surface area (Å²) in [6.45, 7) is 5.77. The summed E-state index contributed by atoms with van der Waals surface area (Å²) in [4.78, 5) is 9.41. The van der Waals surface area contributed by atoms with Crippen molar-refractivity contribution in [3.63, 3.8) is 0 Å². The minimum atomic E-state index is -0.0585. The summed E-state index contributed by atoms with van der Waals surface area (Å²) < 4.78 is 14.0. The highest BCUT2D eigenvalue weighted by Crippen LogP contribution is 2.34. The van der Waals surface area contributed by atoms with Crippen molar-refractivity contribution in [2.45, 2.75) is 51.9 Å². The molecule has 7 nitrogen and oxygen atoms in total. The van der Waals surface area contributed by atoms with Gasteiger partial charge in [0.2, 0.25) is 0 Å². The maximum absolute atomic E-state index is 6.03. The van der Waals surface area contributed by atoms with Crippen molar-refractivity contribution < 1.29 is 9.47 Å². The number of hydrogen-bond donors (Lipinski definition) is 1. The number of nitrogens with zero attached hydrogens (tertiary/aromatic N) is 4. The minimum absolute atomic E-state index is 0.0585. The molecule has 1 saturated heterocycles. The molecule has 0 saturated carbocycles. The normalized spacial score (nSPS) is 19.2. The average molecular weight is 406 g/mol. The van der Waals surface area contributed by atoms with E-state index in [1.54, 1.807) is 0 Å². The maximum Gasteiger partial charge on any atom is 0.181 e. The third-order valence-electron chi connectivity index (χ3n) is 5.49. The highest BCUT2D eigenvalue weighted by atomic mass is 16.5. The molecular weight excluding hydrogens is 378 g/mol.